The first kappa shape index (κ1) is 55.9. The minimum atomic E-state index is -1.08. The van der Waals surface area contributed by atoms with Gasteiger partial charge >= 0.3 is 23.9 Å². The Labute approximate surface area is 419 Å². The molecule has 13 nitrogen and oxygen atoms in total. The molecule has 0 bridgehead atoms. The number of rotatable bonds is 19. The van der Waals surface area contributed by atoms with E-state index >= 15 is 0 Å². The number of carbonyl (C=O) groups is 4. The summed E-state index contributed by atoms with van der Waals surface area (Å²) in [5.41, 5.74) is 1.47. The van der Waals surface area contributed by atoms with Crippen LogP contribution in [0.25, 0.3) is 0 Å². The largest absolute Gasteiger partial charge is 0.490 e. The monoisotopic (exact) mass is 983 g/mol. The summed E-state index contributed by atoms with van der Waals surface area (Å²) < 4.78 is 41.4. The van der Waals surface area contributed by atoms with Crippen LogP contribution in [0, 0.1) is 52.8 Å². The highest BCUT2D eigenvalue weighted by Crippen LogP contribution is 2.50. The van der Waals surface area contributed by atoms with Gasteiger partial charge in [0.25, 0.3) is 0 Å². The van der Waals surface area contributed by atoms with E-state index in [0.717, 1.165) is 81.1 Å². The van der Waals surface area contributed by atoms with Crippen molar-refractivity contribution >= 4 is 23.9 Å². The smallest absolute Gasteiger partial charge is 0.310 e. The zero-order valence-corrected chi connectivity index (χ0v) is 44.7. The van der Waals surface area contributed by atoms with E-state index in [-0.39, 0.29) is 72.2 Å². The fourth-order valence-electron chi connectivity index (χ4n) is 11.8. The summed E-state index contributed by atoms with van der Waals surface area (Å²) in [4.78, 5) is 54.2. The molecule has 1 saturated heterocycles. The molecule has 396 valence electrons. The molecule has 4 aliphatic carbocycles. The summed E-state index contributed by atoms with van der Waals surface area (Å²) in [5, 5.41) is 21.0. The first-order valence-corrected chi connectivity index (χ1v) is 27.1. The third-order valence-electron chi connectivity index (χ3n) is 16.7. The van der Waals surface area contributed by atoms with Crippen molar-refractivity contribution in [1.82, 2.24) is 0 Å². The average Bonchev–Trinajstić information content (AvgIpc) is 4.15. The van der Waals surface area contributed by atoms with Crippen LogP contribution in [0.4, 0.5) is 0 Å². The molecule has 9 unspecified atom stereocenters. The van der Waals surface area contributed by atoms with Gasteiger partial charge < -0.3 is 43.4 Å². The van der Waals surface area contributed by atoms with E-state index in [1.807, 2.05) is 19.1 Å². The van der Waals surface area contributed by atoms with Crippen LogP contribution in [0.5, 0.6) is 11.5 Å². The summed E-state index contributed by atoms with van der Waals surface area (Å²) in [6.45, 7) is 24.3. The molecule has 0 radical (unpaired) electrons. The number of carbonyl (C=O) groups excluding carboxylic acids is 4. The number of hydrogen-bond donors (Lipinski definition) is 2. The Morgan fingerprint density at radius 2 is 0.986 bits per heavy atom. The SMILES string of the molecule is CCC(O)COC(=O)C1CCC(C)CC1C(=O)OC1CCC(C(C)(C)C2CCC(OC(=O)C3CCC(C)CC3C(=O)OCC(O)COc3cc(C(C)(C)C)c(OCC4CO4)cc3C(C)(C)C)CC2)CC1. The Morgan fingerprint density at radius 1 is 0.571 bits per heavy atom. The number of esters is 4. The average molecular weight is 983 g/mol. The fourth-order valence-corrected chi connectivity index (χ4v) is 11.8. The quantitative estimate of drug-likeness (QED) is 0.0762. The maximum Gasteiger partial charge on any atom is 0.310 e. The molecule has 13 heteroatoms. The van der Waals surface area contributed by atoms with Crippen molar-refractivity contribution in [3.63, 3.8) is 0 Å². The zero-order valence-electron chi connectivity index (χ0n) is 44.7. The molecule has 1 aromatic rings. The highest BCUT2D eigenvalue weighted by molar-refractivity contribution is 5.83. The number of benzene rings is 1. The second-order valence-electron chi connectivity index (χ2n) is 24.8. The van der Waals surface area contributed by atoms with Gasteiger partial charge in [-0.1, -0.05) is 76.2 Å². The molecule has 0 amide bonds. The van der Waals surface area contributed by atoms with Crippen molar-refractivity contribution in [3.05, 3.63) is 23.3 Å². The van der Waals surface area contributed by atoms with E-state index in [2.05, 4.69) is 69.2 Å². The number of epoxide rings is 1. The second kappa shape index (κ2) is 24.1. The molecular formula is C57H90O13. The van der Waals surface area contributed by atoms with Crippen molar-refractivity contribution in [2.45, 2.75) is 214 Å². The summed E-state index contributed by atoms with van der Waals surface area (Å²) in [5.74, 6) is -0.839. The Kier molecular flexibility index (Phi) is 19.2. The third kappa shape index (κ3) is 15.1. The predicted molar refractivity (Wildman–Crippen MR) is 266 cm³/mol. The Hall–Kier alpha value is -3.42. The summed E-state index contributed by atoms with van der Waals surface area (Å²) >= 11 is 0. The van der Waals surface area contributed by atoms with E-state index in [1.165, 1.54) is 0 Å². The van der Waals surface area contributed by atoms with Gasteiger partial charge in [-0.25, -0.2) is 0 Å². The molecule has 5 aliphatic rings. The molecule has 1 aliphatic heterocycles. The van der Waals surface area contributed by atoms with Gasteiger partial charge in [0, 0.05) is 11.1 Å². The first-order valence-electron chi connectivity index (χ1n) is 27.1. The summed E-state index contributed by atoms with van der Waals surface area (Å²) in [6.07, 6.45) is 9.38. The van der Waals surface area contributed by atoms with Crippen LogP contribution in [0.3, 0.4) is 0 Å². The van der Waals surface area contributed by atoms with Crippen LogP contribution in [0.1, 0.15) is 184 Å². The van der Waals surface area contributed by atoms with E-state index in [4.69, 9.17) is 33.2 Å². The first-order chi connectivity index (χ1) is 32.9. The van der Waals surface area contributed by atoms with Crippen LogP contribution in [-0.2, 0) is 53.7 Å². The standard InChI is InChI=1S/C57H90O13/c1-12-38(58)29-67-51(60)43-23-13-35(3)26-46(43)54(63)70-41-21-17-37(18-22-41)57(10,11)36-15-19-40(20-16-36)69-53(62)44-24-14-34(2)25-45(44)52(61)68-31-39(59)30-65-49-27-48(56(7,8)9)50(66-33-42-32-64-42)28-47(49)55(4,5)6/h27-28,34-46,58-59H,12-26,29-33H2,1-11H3. The Morgan fingerprint density at radius 3 is 1.44 bits per heavy atom. The molecule has 1 heterocycles. The second-order valence-corrected chi connectivity index (χ2v) is 24.8. The Balaban J connectivity index is 0.952. The van der Waals surface area contributed by atoms with Gasteiger partial charge in [0.05, 0.1) is 36.4 Å². The normalized spacial score (nSPS) is 30.6. The number of ether oxygens (including phenoxy) is 7. The lowest BCUT2D eigenvalue weighted by Crippen LogP contribution is -2.42. The minimum absolute atomic E-state index is 0.0519. The maximum atomic E-state index is 13.9. The molecular weight excluding hydrogens is 893 g/mol. The van der Waals surface area contributed by atoms with Crippen LogP contribution in [-0.4, -0.2) is 97.6 Å². The van der Waals surface area contributed by atoms with Crippen molar-refractivity contribution in [2.75, 3.05) is 33.0 Å². The molecule has 9 atom stereocenters. The number of aliphatic hydroxyl groups excluding tert-OH is 2. The van der Waals surface area contributed by atoms with Gasteiger partial charge in [0.2, 0.25) is 0 Å². The zero-order chi connectivity index (χ0) is 51.1. The molecule has 0 aromatic heterocycles. The van der Waals surface area contributed by atoms with Gasteiger partial charge in [-0.2, -0.15) is 0 Å². The molecule has 5 fully saturated rings. The molecule has 2 N–H and O–H groups in total. The highest BCUT2D eigenvalue weighted by Gasteiger charge is 2.46. The van der Waals surface area contributed by atoms with Gasteiger partial charge in [-0.05, 0) is 148 Å². The molecule has 6 rings (SSSR count). The predicted octanol–water partition coefficient (Wildman–Crippen LogP) is 9.99. The molecule has 1 aromatic carbocycles. The summed E-state index contributed by atoms with van der Waals surface area (Å²) in [6, 6.07) is 4.04. The van der Waals surface area contributed by atoms with Gasteiger partial charge in [0.15, 0.2) is 0 Å². The van der Waals surface area contributed by atoms with Crippen LogP contribution < -0.4 is 9.47 Å². The van der Waals surface area contributed by atoms with E-state index < -0.39 is 47.8 Å². The molecule has 70 heavy (non-hydrogen) atoms. The highest BCUT2D eigenvalue weighted by atomic mass is 16.6. The van der Waals surface area contributed by atoms with E-state index in [0.29, 0.717) is 68.8 Å². The molecule has 0 spiro atoms. The van der Waals surface area contributed by atoms with Crippen LogP contribution in [0.15, 0.2) is 12.1 Å². The maximum absolute atomic E-state index is 13.9. The lowest BCUT2D eigenvalue weighted by Gasteiger charge is -2.46. The lowest BCUT2D eigenvalue weighted by atomic mass is 9.60. The topological polar surface area (TPSA) is 177 Å². The lowest BCUT2D eigenvalue weighted by molar-refractivity contribution is -0.170. The van der Waals surface area contributed by atoms with E-state index in [9.17, 15) is 29.4 Å². The molecule has 4 saturated carbocycles. The van der Waals surface area contributed by atoms with Gasteiger partial charge in [-0.3, -0.25) is 19.2 Å². The number of aliphatic hydroxyl groups is 2. The summed E-state index contributed by atoms with van der Waals surface area (Å²) in [7, 11) is 0. The third-order valence-corrected chi connectivity index (χ3v) is 16.7. The van der Waals surface area contributed by atoms with E-state index in [1.54, 1.807) is 0 Å². The van der Waals surface area contributed by atoms with Gasteiger partial charge in [-0.15, -0.1) is 0 Å². The van der Waals surface area contributed by atoms with Crippen molar-refractivity contribution < 1.29 is 62.5 Å². The van der Waals surface area contributed by atoms with Crippen molar-refractivity contribution in [3.8, 4) is 11.5 Å². The minimum Gasteiger partial charge on any atom is -0.490 e. The van der Waals surface area contributed by atoms with Crippen LogP contribution in [0.2, 0.25) is 0 Å². The van der Waals surface area contributed by atoms with Crippen molar-refractivity contribution in [1.29, 1.82) is 0 Å². The van der Waals surface area contributed by atoms with Crippen LogP contribution >= 0.6 is 0 Å². The van der Waals surface area contributed by atoms with Crippen molar-refractivity contribution in [2.24, 2.45) is 52.8 Å². The Bertz CT molecular complexity index is 1890. The fraction of sp³-hybridized carbons (Fsp3) is 0.825. The van der Waals surface area contributed by atoms with Gasteiger partial charge in [0.1, 0.15) is 62.3 Å². The number of hydrogen-bond acceptors (Lipinski definition) is 13.